The van der Waals surface area contributed by atoms with Gasteiger partial charge in [0.2, 0.25) is 0 Å². The second-order valence-corrected chi connectivity index (χ2v) is 10.5. The van der Waals surface area contributed by atoms with E-state index in [4.69, 9.17) is 15.8 Å². The highest BCUT2D eigenvalue weighted by molar-refractivity contribution is 7.87. The first-order valence-corrected chi connectivity index (χ1v) is 12.7. The van der Waals surface area contributed by atoms with Gasteiger partial charge in [-0.2, -0.15) is 21.6 Å². The molecule has 0 radical (unpaired) electrons. The number of rotatable bonds is 8. The van der Waals surface area contributed by atoms with E-state index in [0.717, 1.165) is 24.3 Å². The largest absolute Gasteiger partial charge is 0.416 e. The summed E-state index contributed by atoms with van der Waals surface area (Å²) >= 11 is 5.78. The molecule has 2 amide bonds. The highest BCUT2D eigenvalue weighted by Crippen LogP contribution is 2.31. The maximum Gasteiger partial charge on any atom is 0.416 e. The van der Waals surface area contributed by atoms with Crippen LogP contribution in [0.2, 0.25) is 5.02 Å². The van der Waals surface area contributed by atoms with Crippen molar-refractivity contribution in [2.24, 2.45) is 5.92 Å². The molecule has 0 heterocycles. The molecule has 0 aliphatic carbocycles. The van der Waals surface area contributed by atoms with Crippen molar-refractivity contribution in [3.8, 4) is 5.75 Å². The zero-order valence-corrected chi connectivity index (χ0v) is 21.3. The fourth-order valence-corrected chi connectivity index (χ4v) is 4.51. The fourth-order valence-electron chi connectivity index (χ4n) is 3.36. The summed E-state index contributed by atoms with van der Waals surface area (Å²) in [5, 5.41) is 2.49. The zero-order valence-electron chi connectivity index (χ0n) is 19.7. The summed E-state index contributed by atoms with van der Waals surface area (Å²) in [7, 11) is -4.56. The average Bonchev–Trinajstić information content (AvgIpc) is 2.80. The lowest BCUT2D eigenvalue weighted by Gasteiger charge is -2.25. The van der Waals surface area contributed by atoms with Crippen LogP contribution in [-0.4, -0.2) is 25.9 Å². The van der Waals surface area contributed by atoms with E-state index in [9.17, 15) is 30.8 Å². The predicted octanol–water partition coefficient (Wildman–Crippen LogP) is 6.96. The monoisotopic (exact) mass is 558 g/mol. The Morgan fingerprint density at radius 3 is 2.41 bits per heavy atom. The minimum Gasteiger partial charge on any atom is -0.379 e. The highest BCUT2D eigenvalue weighted by Gasteiger charge is 2.32. The summed E-state index contributed by atoms with van der Waals surface area (Å²) in [4.78, 5) is 13.7. The molecule has 198 valence electrons. The Labute approximate surface area is 216 Å². The normalized spacial score (nSPS) is 11.9. The summed E-state index contributed by atoms with van der Waals surface area (Å²) < 4.78 is 82.7. The first-order valence-electron chi connectivity index (χ1n) is 11.0. The lowest BCUT2D eigenvalue weighted by molar-refractivity contribution is -0.137. The van der Waals surface area contributed by atoms with Gasteiger partial charge < -0.3 is 14.4 Å². The van der Waals surface area contributed by atoms with Gasteiger partial charge in [0.05, 0.1) is 10.6 Å². The molecule has 0 aromatic heterocycles. The molecular formula is C25H23ClF4N2O4S. The topological polar surface area (TPSA) is 75.7 Å². The molecule has 0 unspecified atom stereocenters. The summed E-state index contributed by atoms with van der Waals surface area (Å²) in [6, 6.07) is 12.3. The van der Waals surface area contributed by atoms with Crippen LogP contribution < -0.4 is 9.50 Å². The van der Waals surface area contributed by atoms with Crippen LogP contribution in [0.3, 0.4) is 0 Å². The molecule has 0 saturated carbocycles. The van der Waals surface area contributed by atoms with Crippen LogP contribution in [0.4, 0.5) is 28.0 Å². The Morgan fingerprint density at radius 2 is 1.76 bits per heavy atom. The van der Waals surface area contributed by atoms with Crippen molar-refractivity contribution in [1.29, 1.82) is 0 Å². The molecule has 6 nitrogen and oxygen atoms in total. The van der Waals surface area contributed by atoms with Gasteiger partial charge in [-0.1, -0.05) is 43.6 Å². The molecule has 0 aliphatic heterocycles. The van der Waals surface area contributed by atoms with Gasteiger partial charge in [0.25, 0.3) is 0 Å². The van der Waals surface area contributed by atoms with Gasteiger partial charge in [-0.3, -0.25) is 0 Å². The number of hydrogen-bond donors (Lipinski definition) is 1. The van der Waals surface area contributed by atoms with E-state index in [1.54, 1.807) is 6.07 Å². The van der Waals surface area contributed by atoms with Gasteiger partial charge in [0.1, 0.15) is 16.5 Å². The maximum atomic E-state index is 13.4. The molecule has 37 heavy (non-hydrogen) atoms. The number of alkyl halides is 3. The number of halogens is 5. The maximum absolute atomic E-state index is 13.4. The molecule has 0 atom stereocenters. The molecule has 3 rings (SSSR count). The average molecular weight is 559 g/mol. The molecule has 12 heteroatoms. The summed E-state index contributed by atoms with van der Waals surface area (Å²) in [5.41, 5.74) is -0.331. The Morgan fingerprint density at radius 1 is 1.05 bits per heavy atom. The summed E-state index contributed by atoms with van der Waals surface area (Å²) in [6.45, 7) is 4.18. The number of nitrogens with one attached hydrogen (secondary N) is 1. The minimum atomic E-state index is -4.72. The Hall–Kier alpha value is -3.31. The van der Waals surface area contributed by atoms with E-state index < -0.39 is 38.6 Å². The molecule has 3 aromatic carbocycles. The van der Waals surface area contributed by atoms with Crippen LogP contribution >= 0.6 is 11.6 Å². The van der Waals surface area contributed by atoms with Gasteiger partial charge in [0.15, 0.2) is 0 Å². The van der Waals surface area contributed by atoms with Gasteiger partial charge >= 0.3 is 22.3 Å². The number of carbonyl (C=O) groups is 1. The Balaban J connectivity index is 1.79. The van der Waals surface area contributed by atoms with E-state index in [-0.39, 0.29) is 28.9 Å². The van der Waals surface area contributed by atoms with Crippen molar-refractivity contribution in [3.63, 3.8) is 0 Å². The molecule has 1 N–H and O–H groups in total. The highest BCUT2D eigenvalue weighted by atomic mass is 35.5. The number of carbonyl (C=O) groups excluding carboxylic acids is 1. The third-order valence-electron chi connectivity index (χ3n) is 4.97. The Kier molecular flexibility index (Phi) is 8.70. The van der Waals surface area contributed by atoms with Crippen molar-refractivity contribution in [3.05, 3.63) is 88.7 Å². The lowest BCUT2D eigenvalue weighted by atomic mass is 10.1. The van der Waals surface area contributed by atoms with E-state index in [1.165, 1.54) is 35.2 Å². The predicted molar refractivity (Wildman–Crippen MR) is 131 cm³/mol. The quantitative estimate of drug-likeness (QED) is 0.240. The third kappa shape index (κ3) is 7.83. The molecule has 0 aliphatic rings. The van der Waals surface area contributed by atoms with Crippen molar-refractivity contribution in [1.82, 2.24) is 4.90 Å². The van der Waals surface area contributed by atoms with Crippen LogP contribution in [0.15, 0.2) is 71.6 Å². The first kappa shape index (κ1) is 28.3. The van der Waals surface area contributed by atoms with Gasteiger partial charge in [0, 0.05) is 18.8 Å². The molecular weight excluding hydrogens is 536 g/mol. The molecule has 0 fully saturated rings. The van der Waals surface area contributed by atoms with Crippen molar-refractivity contribution < 1.29 is 35.0 Å². The smallest absolute Gasteiger partial charge is 0.379 e. The second-order valence-electron chi connectivity index (χ2n) is 8.54. The number of nitrogens with zero attached hydrogens (tertiary/aromatic N) is 1. The van der Waals surface area contributed by atoms with E-state index in [0.29, 0.717) is 18.2 Å². The van der Waals surface area contributed by atoms with Crippen LogP contribution in [-0.2, 0) is 22.8 Å². The van der Waals surface area contributed by atoms with Gasteiger partial charge in [-0.05, 0) is 60.0 Å². The molecule has 3 aromatic rings. The molecule has 0 bridgehead atoms. The SMILES string of the molecule is CC(C)CN(Cc1cccc(OS(=O)(=O)c2cccc(C(F)(F)F)c2)c1)C(=O)Nc1ccc(F)c(Cl)c1. The summed E-state index contributed by atoms with van der Waals surface area (Å²) in [5.74, 6) is -0.691. The summed E-state index contributed by atoms with van der Waals surface area (Å²) in [6.07, 6.45) is -4.72. The van der Waals surface area contributed by atoms with E-state index in [2.05, 4.69) is 5.32 Å². The number of hydrogen-bond acceptors (Lipinski definition) is 4. The van der Waals surface area contributed by atoms with Crippen LogP contribution in [0.5, 0.6) is 5.75 Å². The number of amides is 2. The lowest BCUT2D eigenvalue weighted by Crippen LogP contribution is -2.37. The second kappa shape index (κ2) is 11.4. The van der Waals surface area contributed by atoms with E-state index >= 15 is 0 Å². The van der Waals surface area contributed by atoms with E-state index in [1.807, 2.05) is 13.8 Å². The fraction of sp³-hybridized carbons (Fsp3) is 0.240. The third-order valence-corrected chi connectivity index (χ3v) is 6.50. The number of benzene rings is 3. The molecule has 0 spiro atoms. The van der Waals surface area contributed by atoms with Crippen molar-refractivity contribution in [2.45, 2.75) is 31.5 Å². The minimum absolute atomic E-state index is 0.0553. The molecule has 0 saturated heterocycles. The Bertz CT molecular complexity index is 1380. The zero-order chi connectivity index (χ0) is 27.4. The van der Waals surface area contributed by atoms with Crippen LogP contribution in [0.25, 0.3) is 0 Å². The number of anilines is 1. The van der Waals surface area contributed by atoms with Gasteiger partial charge in [-0.15, -0.1) is 0 Å². The standard InChI is InChI=1S/C25H23ClF4N2O4S/c1-16(2)14-32(24(33)31-19-9-10-23(27)22(26)13-19)15-17-5-3-7-20(11-17)36-37(34,35)21-8-4-6-18(12-21)25(28,29)30/h3-13,16H,14-15H2,1-2H3,(H,31,33). The first-order chi connectivity index (χ1) is 17.2. The van der Waals surface area contributed by atoms with Gasteiger partial charge in [-0.25, -0.2) is 9.18 Å². The van der Waals surface area contributed by atoms with Crippen LogP contribution in [0, 0.1) is 11.7 Å². The number of urea groups is 1. The van der Waals surface area contributed by atoms with Crippen molar-refractivity contribution in [2.75, 3.05) is 11.9 Å². The van der Waals surface area contributed by atoms with Crippen molar-refractivity contribution >= 4 is 33.4 Å². The van der Waals surface area contributed by atoms with Crippen LogP contribution in [0.1, 0.15) is 25.0 Å².